The highest BCUT2D eigenvalue weighted by atomic mass is 32.3. The molecule has 2 amide bonds. The molecule has 2 fully saturated rings. The van der Waals surface area contributed by atoms with Crippen molar-refractivity contribution >= 4 is 22.2 Å². The first-order valence-corrected chi connectivity index (χ1v) is 7.49. The Labute approximate surface area is 122 Å². The van der Waals surface area contributed by atoms with Crippen LogP contribution in [0.15, 0.2) is 0 Å². The number of rotatable bonds is 4. The second kappa shape index (κ2) is 4.36. The number of hydrogen-bond donors (Lipinski definition) is 2. The number of amides is 2. The van der Waals surface area contributed by atoms with Gasteiger partial charge >= 0.3 is 10.4 Å². The van der Waals surface area contributed by atoms with Crippen LogP contribution in [0.5, 0.6) is 0 Å². The van der Waals surface area contributed by atoms with Crippen molar-refractivity contribution in [3.8, 4) is 0 Å². The summed E-state index contributed by atoms with van der Waals surface area (Å²) in [6, 6.07) is -1.74. The Morgan fingerprint density at radius 2 is 1.19 bits per heavy atom. The molecule has 4 N–H and O–H groups in total. The third-order valence-corrected chi connectivity index (χ3v) is 4.50. The van der Waals surface area contributed by atoms with Gasteiger partial charge < -0.3 is 11.5 Å². The number of hydrogen-bond acceptors (Lipinski definition) is 8. The molecule has 2 unspecified atom stereocenters. The van der Waals surface area contributed by atoms with Crippen LogP contribution in [-0.4, -0.2) is 53.5 Å². The first-order valence-electron chi connectivity index (χ1n) is 6.16. The Balaban J connectivity index is 2.08. The molecular weight excluding hydrogens is 304 g/mol. The van der Waals surface area contributed by atoms with Gasteiger partial charge in [0.15, 0.2) is 0 Å². The van der Waals surface area contributed by atoms with Crippen LogP contribution in [0.3, 0.4) is 0 Å². The molecule has 2 atom stereocenters. The van der Waals surface area contributed by atoms with Crippen molar-refractivity contribution in [2.45, 2.75) is 50.9 Å². The van der Waals surface area contributed by atoms with E-state index in [1.807, 2.05) is 0 Å². The van der Waals surface area contributed by atoms with E-state index in [-0.39, 0.29) is 0 Å². The maximum atomic E-state index is 11.8. The molecule has 0 aliphatic carbocycles. The van der Waals surface area contributed by atoms with Crippen LogP contribution >= 0.6 is 0 Å². The number of carbonyl (C=O) groups is 2. The molecule has 0 aromatic heterocycles. The molecule has 0 saturated carbocycles. The van der Waals surface area contributed by atoms with Gasteiger partial charge in [-0.3, -0.25) is 9.59 Å². The van der Waals surface area contributed by atoms with Crippen LogP contribution in [0.1, 0.15) is 27.7 Å². The van der Waals surface area contributed by atoms with Crippen LogP contribution in [0.4, 0.5) is 0 Å². The van der Waals surface area contributed by atoms with Gasteiger partial charge in [-0.25, -0.2) is 0 Å². The van der Waals surface area contributed by atoms with Gasteiger partial charge in [0.25, 0.3) is 11.8 Å². The third kappa shape index (κ3) is 2.21. The summed E-state index contributed by atoms with van der Waals surface area (Å²) >= 11 is 0. The predicted octanol–water partition coefficient (Wildman–Crippen LogP) is -2.01. The molecule has 2 aliphatic heterocycles. The summed E-state index contributed by atoms with van der Waals surface area (Å²) in [4.78, 5) is 23.0. The van der Waals surface area contributed by atoms with E-state index in [0.717, 1.165) is 0 Å². The monoisotopic (exact) mass is 322 g/mol. The molecule has 2 saturated heterocycles. The molecule has 10 nitrogen and oxygen atoms in total. The standard InChI is InChI=1S/C10H18N4O6S/c1-9(2)5(11)7(15)13(9)19-21(17,18)20-14-8(16)6(12)10(14,3)4/h5-6H,11-12H2,1-4H3. The summed E-state index contributed by atoms with van der Waals surface area (Å²) < 4.78 is 32.8. The Hall–Kier alpha value is -1.27. The van der Waals surface area contributed by atoms with E-state index in [1.165, 1.54) is 27.7 Å². The topological polar surface area (TPSA) is 145 Å². The van der Waals surface area contributed by atoms with E-state index in [2.05, 4.69) is 8.57 Å². The zero-order valence-corrected chi connectivity index (χ0v) is 12.9. The van der Waals surface area contributed by atoms with Crippen LogP contribution in [0, 0.1) is 0 Å². The number of hydroxylamine groups is 4. The molecule has 0 spiro atoms. The van der Waals surface area contributed by atoms with E-state index in [0.29, 0.717) is 10.1 Å². The fourth-order valence-electron chi connectivity index (χ4n) is 2.01. The minimum atomic E-state index is -4.66. The molecule has 21 heavy (non-hydrogen) atoms. The van der Waals surface area contributed by atoms with Gasteiger partial charge in [0.2, 0.25) is 0 Å². The third-order valence-electron chi connectivity index (χ3n) is 3.83. The maximum absolute atomic E-state index is 11.8. The highest BCUT2D eigenvalue weighted by molar-refractivity contribution is 7.81. The lowest BCUT2D eigenvalue weighted by Crippen LogP contribution is -2.76. The van der Waals surface area contributed by atoms with E-state index in [9.17, 15) is 18.0 Å². The van der Waals surface area contributed by atoms with E-state index in [1.54, 1.807) is 0 Å². The molecule has 0 aromatic rings. The number of β-lactam (4-membered cyclic amide) rings is 2. The van der Waals surface area contributed by atoms with Gasteiger partial charge in [-0.2, -0.15) is 18.5 Å². The van der Waals surface area contributed by atoms with Gasteiger partial charge in [-0.05, 0) is 27.7 Å². The Kier molecular flexibility index (Phi) is 3.35. The Bertz CT molecular complexity index is 555. The van der Waals surface area contributed by atoms with E-state index >= 15 is 0 Å². The van der Waals surface area contributed by atoms with Crippen molar-refractivity contribution in [1.82, 2.24) is 10.1 Å². The highest BCUT2D eigenvalue weighted by Gasteiger charge is 2.58. The van der Waals surface area contributed by atoms with Crippen molar-refractivity contribution in [3.05, 3.63) is 0 Å². The van der Waals surface area contributed by atoms with E-state index < -0.39 is 45.4 Å². The molecule has 0 bridgehead atoms. The van der Waals surface area contributed by atoms with Crippen molar-refractivity contribution < 1.29 is 26.6 Å². The van der Waals surface area contributed by atoms with Crippen molar-refractivity contribution in [2.75, 3.05) is 0 Å². The highest BCUT2D eigenvalue weighted by Crippen LogP contribution is 2.34. The molecule has 2 heterocycles. The van der Waals surface area contributed by atoms with Crippen molar-refractivity contribution in [2.24, 2.45) is 11.5 Å². The SMILES string of the molecule is CC1(C)C(N)C(=O)N1OS(=O)(=O)ON1C(=O)C(N)C1(C)C. The molecule has 0 radical (unpaired) electrons. The van der Waals surface area contributed by atoms with Gasteiger partial charge in [0.1, 0.15) is 12.1 Å². The van der Waals surface area contributed by atoms with Gasteiger partial charge in [-0.1, -0.05) is 0 Å². The normalized spacial score (nSPS) is 31.0. The minimum absolute atomic E-state index is 0.601. The Morgan fingerprint density at radius 1 is 0.905 bits per heavy atom. The summed E-state index contributed by atoms with van der Waals surface area (Å²) in [6.45, 7) is 6.12. The summed E-state index contributed by atoms with van der Waals surface area (Å²) in [5.74, 6) is -1.39. The molecule has 0 aromatic carbocycles. The quantitative estimate of drug-likeness (QED) is 0.565. The summed E-state index contributed by atoms with van der Waals surface area (Å²) in [5.41, 5.74) is 9.08. The number of carbonyl (C=O) groups excluding carboxylic acids is 2. The zero-order chi connectivity index (χ0) is 16.4. The second-order valence-corrected chi connectivity index (χ2v) is 7.20. The van der Waals surface area contributed by atoms with Crippen molar-refractivity contribution in [1.29, 1.82) is 0 Å². The molecular formula is C10H18N4O6S. The average molecular weight is 322 g/mol. The number of nitrogens with two attached hydrogens (primary N) is 2. The lowest BCUT2D eigenvalue weighted by Gasteiger charge is -2.51. The largest absolute Gasteiger partial charge is 0.442 e. The van der Waals surface area contributed by atoms with Crippen LogP contribution < -0.4 is 11.5 Å². The van der Waals surface area contributed by atoms with Crippen molar-refractivity contribution in [3.63, 3.8) is 0 Å². The van der Waals surface area contributed by atoms with Crippen LogP contribution in [0.2, 0.25) is 0 Å². The smallest absolute Gasteiger partial charge is 0.318 e. The maximum Gasteiger partial charge on any atom is 0.442 e. The first kappa shape index (κ1) is 16.1. The summed E-state index contributed by atoms with van der Waals surface area (Å²) in [7, 11) is -4.66. The van der Waals surface area contributed by atoms with Crippen LogP contribution in [0.25, 0.3) is 0 Å². The fourth-order valence-corrected chi connectivity index (χ4v) is 2.93. The lowest BCUT2D eigenvalue weighted by atomic mass is 9.86. The first-order chi connectivity index (χ1) is 9.32. The summed E-state index contributed by atoms with van der Waals surface area (Å²) in [6.07, 6.45) is 0. The molecule has 2 rings (SSSR count). The lowest BCUT2D eigenvalue weighted by molar-refractivity contribution is -0.235. The molecule has 2 aliphatic rings. The predicted molar refractivity (Wildman–Crippen MR) is 68.9 cm³/mol. The van der Waals surface area contributed by atoms with Gasteiger partial charge in [0.05, 0.1) is 11.1 Å². The molecule has 11 heteroatoms. The van der Waals surface area contributed by atoms with Crippen LogP contribution in [-0.2, 0) is 28.6 Å². The summed E-state index contributed by atoms with van der Waals surface area (Å²) in [5, 5.41) is 1.20. The average Bonchev–Trinajstić information content (AvgIpc) is 2.39. The second-order valence-electron chi connectivity index (χ2n) is 6.09. The van der Waals surface area contributed by atoms with Gasteiger partial charge in [0, 0.05) is 0 Å². The number of nitrogens with zero attached hydrogens (tertiary/aromatic N) is 2. The van der Waals surface area contributed by atoms with Gasteiger partial charge in [-0.15, -0.1) is 8.57 Å². The molecule has 120 valence electrons. The Morgan fingerprint density at radius 3 is 1.43 bits per heavy atom. The van der Waals surface area contributed by atoms with E-state index in [4.69, 9.17) is 11.5 Å². The zero-order valence-electron chi connectivity index (χ0n) is 12.1. The fraction of sp³-hybridized carbons (Fsp3) is 0.800. The minimum Gasteiger partial charge on any atom is -0.318 e.